The van der Waals surface area contributed by atoms with Gasteiger partial charge in [-0.1, -0.05) is 42.5 Å². The molecule has 0 aromatic heterocycles. The molecule has 4 rings (SSSR count). The fourth-order valence-corrected chi connectivity index (χ4v) is 4.51. The highest BCUT2D eigenvalue weighted by atomic mass is 15.1. The zero-order valence-corrected chi connectivity index (χ0v) is 13.0. The molecule has 2 atom stereocenters. The molecule has 0 radical (unpaired) electrons. The first kappa shape index (κ1) is 13.1. The lowest BCUT2D eigenvalue weighted by atomic mass is 9.85. The van der Waals surface area contributed by atoms with Gasteiger partial charge < -0.3 is 4.90 Å². The third kappa shape index (κ3) is 2.20. The Balaban J connectivity index is 1.74. The van der Waals surface area contributed by atoms with Crippen LogP contribution in [0.4, 0.5) is 0 Å². The van der Waals surface area contributed by atoms with Crippen molar-refractivity contribution in [2.75, 3.05) is 20.6 Å². The van der Waals surface area contributed by atoms with E-state index in [-0.39, 0.29) is 0 Å². The van der Waals surface area contributed by atoms with Gasteiger partial charge in [-0.3, -0.25) is 0 Å². The van der Waals surface area contributed by atoms with E-state index in [4.69, 9.17) is 0 Å². The molecule has 1 fully saturated rings. The Bertz CT molecular complexity index is 713. The van der Waals surface area contributed by atoms with Crippen molar-refractivity contribution in [3.8, 4) is 0 Å². The molecule has 0 spiro atoms. The van der Waals surface area contributed by atoms with Gasteiger partial charge in [0.25, 0.3) is 0 Å². The molecule has 2 aliphatic rings. The molecular weight excluding hydrogens is 254 g/mol. The van der Waals surface area contributed by atoms with E-state index in [1.807, 2.05) is 0 Å². The summed E-state index contributed by atoms with van der Waals surface area (Å²) in [5.74, 6) is 0.783. The maximum Gasteiger partial charge on any atom is 0.00670 e. The van der Waals surface area contributed by atoms with E-state index in [9.17, 15) is 0 Å². The Morgan fingerprint density at radius 1 is 1.10 bits per heavy atom. The highest BCUT2D eigenvalue weighted by Gasteiger charge is 2.45. The van der Waals surface area contributed by atoms with Crippen LogP contribution in [0.2, 0.25) is 0 Å². The Labute approximate surface area is 127 Å². The topological polar surface area (TPSA) is 3.24 Å². The van der Waals surface area contributed by atoms with Gasteiger partial charge in [0.1, 0.15) is 0 Å². The van der Waals surface area contributed by atoms with Gasteiger partial charge in [0.2, 0.25) is 0 Å². The molecule has 0 N–H and O–H groups in total. The van der Waals surface area contributed by atoms with Crippen molar-refractivity contribution in [2.45, 2.75) is 19.3 Å². The number of hydrogen-bond donors (Lipinski definition) is 0. The highest BCUT2D eigenvalue weighted by molar-refractivity contribution is 5.87. The van der Waals surface area contributed by atoms with Gasteiger partial charge in [0.05, 0.1) is 0 Å². The predicted molar refractivity (Wildman–Crippen MR) is 90.3 cm³/mol. The third-order valence-corrected chi connectivity index (χ3v) is 5.26. The van der Waals surface area contributed by atoms with Crippen LogP contribution in [0.1, 0.15) is 24.8 Å². The first-order valence-electron chi connectivity index (χ1n) is 8.02. The molecule has 2 aromatic rings. The van der Waals surface area contributed by atoms with Crippen LogP contribution in [-0.4, -0.2) is 25.5 Å². The second-order valence-corrected chi connectivity index (χ2v) is 7.20. The lowest BCUT2D eigenvalue weighted by Gasteiger charge is -2.27. The minimum atomic E-state index is 0.440. The number of fused-ring (bicyclic) bond motifs is 3. The maximum absolute atomic E-state index is 2.60. The van der Waals surface area contributed by atoms with Gasteiger partial charge >= 0.3 is 0 Å². The van der Waals surface area contributed by atoms with Gasteiger partial charge in [0, 0.05) is 12.0 Å². The van der Waals surface area contributed by atoms with Crippen LogP contribution in [0.5, 0.6) is 0 Å². The Morgan fingerprint density at radius 3 is 2.71 bits per heavy atom. The average molecular weight is 277 g/mol. The molecule has 0 amide bonds. The first-order chi connectivity index (χ1) is 10.2. The van der Waals surface area contributed by atoms with Gasteiger partial charge in [-0.25, -0.2) is 0 Å². The van der Waals surface area contributed by atoms with Crippen LogP contribution < -0.4 is 0 Å². The first-order valence-corrected chi connectivity index (χ1v) is 8.02. The van der Waals surface area contributed by atoms with E-state index < -0.39 is 0 Å². The van der Waals surface area contributed by atoms with Crippen molar-refractivity contribution >= 4 is 16.3 Å². The minimum Gasteiger partial charge on any atom is -0.309 e. The van der Waals surface area contributed by atoms with E-state index in [0.717, 1.165) is 5.92 Å². The van der Waals surface area contributed by atoms with Crippen molar-refractivity contribution in [1.29, 1.82) is 0 Å². The Hall–Kier alpha value is -1.60. The average Bonchev–Trinajstić information content (AvgIpc) is 3.03. The molecule has 0 saturated heterocycles. The summed E-state index contributed by atoms with van der Waals surface area (Å²) in [7, 11) is 4.40. The molecule has 21 heavy (non-hydrogen) atoms. The predicted octanol–water partition coefficient (Wildman–Crippen LogP) is 4.58. The van der Waals surface area contributed by atoms with Gasteiger partial charge in [-0.05, 0) is 67.3 Å². The lowest BCUT2D eigenvalue weighted by Crippen LogP contribution is -2.28. The van der Waals surface area contributed by atoms with Crippen LogP contribution in [0, 0.1) is 11.3 Å². The summed E-state index contributed by atoms with van der Waals surface area (Å²) in [6.07, 6.45) is 6.69. The molecule has 2 unspecified atom stereocenters. The third-order valence-electron chi connectivity index (χ3n) is 5.26. The number of benzene rings is 2. The molecule has 0 aliphatic heterocycles. The van der Waals surface area contributed by atoms with Gasteiger partial charge in [-0.15, -0.1) is 0 Å². The maximum atomic E-state index is 2.60. The molecule has 1 nitrogen and oxygen atoms in total. The second kappa shape index (κ2) is 4.71. The normalized spacial score (nSPS) is 27.6. The van der Waals surface area contributed by atoms with Crippen molar-refractivity contribution in [2.24, 2.45) is 11.3 Å². The second-order valence-electron chi connectivity index (χ2n) is 7.20. The number of hydrogen-bond acceptors (Lipinski definition) is 1. The Morgan fingerprint density at radius 2 is 1.90 bits per heavy atom. The van der Waals surface area contributed by atoms with Gasteiger partial charge in [-0.2, -0.15) is 0 Å². The number of rotatable bonds is 3. The molecular formula is C20H23N. The quantitative estimate of drug-likeness (QED) is 0.793. The molecule has 1 heteroatoms. The summed E-state index contributed by atoms with van der Waals surface area (Å²) in [6.45, 7) is 1.20. The zero-order chi connectivity index (χ0) is 14.4. The minimum absolute atomic E-state index is 0.440. The van der Waals surface area contributed by atoms with Crippen LogP contribution >= 0.6 is 0 Å². The van der Waals surface area contributed by atoms with E-state index >= 15 is 0 Å². The highest BCUT2D eigenvalue weighted by Crippen LogP contribution is 2.55. The number of allylic oxidation sites excluding steroid dienone is 1. The summed E-state index contributed by atoms with van der Waals surface area (Å²) < 4.78 is 0. The molecule has 2 bridgehead atoms. The number of nitrogens with zero attached hydrogens (tertiary/aromatic N) is 1. The van der Waals surface area contributed by atoms with E-state index in [1.54, 1.807) is 5.57 Å². The molecule has 2 aromatic carbocycles. The fraction of sp³-hybridized carbons (Fsp3) is 0.400. The summed E-state index contributed by atoms with van der Waals surface area (Å²) in [4.78, 5) is 2.35. The smallest absolute Gasteiger partial charge is 0.00670 e. The van der Waals surface area contributed by atoms with E-state index in [0.29, 0.717) is 5.41 Å². The van der Waals surface area contributed by atoms with Gasteiger partial charge in [0.15, 0.2) is 0 Å². The standard InChI is InChI=1S/C20H23N/c1-21(2)14-20-10-9-18(12-20)19(13-20)17-8-7-15-5-3-4-6-16(15)11-17/h3-8,11,13,18H,9-10,12,14H2,1-2H3. The summed E-state index contributed by atoms with van der Waals surface area (Å²) in [5, 5.41) is 2.70. The largest absolute Gasteiger partial charge is 0.309 e. The molecule has 108 valence electrons. The summed E-state index contributed by atoms with van der Waals surface area (Å²) in [6, 6.07) is 15.6. The SMILES string of the molecule is CN(C)CC12C=C(c3ccc4ccccc4c3)C(CC1)C2. The van der Waals surface area contributed by atoms with Crippen molar-refractivity contribution < 1.29 is 0 Å². The van der Waals surface area contributed by atoms with E-state index in [1.165, 1.54) is 42.1 Å². The monoisotopic (exact) mass is 277 g/mol. The van der Waals surface area contributed by atoms with Crippen LogP contribution in [0.3, 0.4) is 0 Å². The van der Waals surface area contributed by atoms with E-state index in [2.05, 4.69) is 67.5 Å². The fourth-order valence-electron chi connectivity index (χ4n) is 4.51. The Kier molecular flexibility index (Phi) is 2.93. The van der Waals surface area contributed by atoms with Crippen molar-refractivity contribution in [3.05, 3.63) is 54.1 Å². The summed E-state index contributed by atoms with van der Waals surface area (Å²) in [5.41, 5.74) is 3.49. The van der Waals surface area contributed by atoms with Crippen molar-refractivity contribution in [1.82, 2.24) is 4.90 Å². The summed E-state index contributed by atoms with van der Waals surface area (Å²) >= 11 is 0. The lowest BCUT2D eigenvalue weighted by molar-refractivity contribution is 0.261. The molecule has 2 aliphatic carbocycles. The van der Waals surface area contributed by atoms with Crippen LogP contribution in [-0.2, 0) is 0 Å². The van der Waals surface area contributed by atoms with Crippen molar-refractivity contribution in [3.63, 3.8) is 0 Å². The van der Waals surface area contributed by atoms with Crippen LogP contribution in [0.15, 0.2) is 48.5 Å². The van der Waals surface area contributed by atoms with Crippen LogP contribution in [0.25, 0.3) is 16.3 Å². The zero-order valence-electron chi connectivity index (χ0n) is 13.0. The molecule has 1 saturated carbocycles. The molecule has 0 heterocycles.